The molecule has 1 heterocycles. The lowest BCUT2D eigenvalue weighted by Crippen LogP contribution is -2.44. The second kappa shape index (κ2) is 10.8. The molecule has 3 fully saturated rings. The van der Waals surface area contributed by atoms with Crippen LogP contribution in [0.3, 0.4) is 0 Å². The van der Waals surface area contributed by atoms with Crippen LogP contribution in [0, 0.1) is 22.7 Å². The van der Waals surface area contributed by atoms with E-state index in [9.17, 15) is 45.8 Å². The van der Waals surface area contributed by atoms with Gasteiger partial charge in [0.05, 0.1) is 45.9 Å². The van der Waals surface area contributed by atoms with Crippen LogP contribution in [0.15, 0.2) is 24.4 Å². The van der Waals surface area contributed by atoms with Gasteiger partial charge in [-0.05, 0) is 74.8 Å². The zero-order valence-corrected chi connectivity index (χ0v) is 25.0. The molecule has 7 nitrogen and oxygen atoms in total. The summed E-state index contributed by atoms with van der Waals surface area (Å²) >= 11 is 6.03. The molecule has 0 bridgehead atoms. The van der Waals surface area contributed by atoms with Gasteiger partial charge in [0.2, 0.25) is 0 Å². The third kappa shape index (κ3) is 5.60. The molecule has 2 aromatic rings. The maximum atomic E-state index is 14.6. The first-order valence-corrected chi connectivity index (χ1v) is 14.7. The number of rotatable bonds is 7. The second-order valence-electron chi connectivity index (χ2n) is 13.1. The summed E-state index contributed by atoms with van der Waals surface area (Å²) in [5.74, 6) is -3.04. The first-order valence-electron chi connectivity index (χ1n) is 14.4. The number of amides is 1. The van der Waals surface area contributed by atoms with Gasteiger partial charge in [-0.1, -0.05) is 31.5 Å². The van der Waals surface area contributed by atoms with Crippen LogP contribution in [0.2, 0.25) is 5.02 Å². The lowest BCUT2D eigenvalue weighted by atomic mass is 9.74. The molecule has 1 amide bonds. The lowest BCUT2D eigenvalue weighted by molar-refractivity contribution is -0.152. The van der Waals surface area contributed by atoms with Gasteiger partial charge >= 0.3 is 18.3 Å². The van der Waals surface area contributed by atoms with E-state index in [1.165, 1.54) is 6.92 Å². The summed E-state index contributed by atoms with van der Waals surface area (Å²) in [4.78, 5) is 40.0. The van der Waals surface area contributed by atoms with Crippen LogP contribution >= 0.6 is 11.6 Å². The molecule has 44 heavy (non-hydrogen) atoms. The number of carboxylic acids is 1. The van der Waals surface area contributed by atoms with Crippen molar-refractivity contribution in [1.29, 1.82) is 0 Å². The number of carbonyl (C=O) groups excluding carboxylic acids is 2. The smallest absolute Gasteiger partial charge is 0.433 e. The molecule has 0 saturated heterocycles. The number of alkyl halides is 6. The number of fused-ring (bicyclic) bond motifs is 1. The molecule has 3 atom stereocenters. The highest BCUT2D eigenvalue weighted by Crippen LogP contribution is 2.67. The van der Waals surface area contributed by atoms with Gasteiger partial charge in [0.15, 0.2) is 11.5 Å². The Hall–Kier alpha value is -3.09. The normalized spacial score (nSPS) is 28.0. The Morgan fingerprint density at radius 2 is 1.61 bits per heavy atom. The number of aliphatic carboxylic acids is 1. The molecule has 0 radical (unpaired) electrons. The highest BCUT2D eigenvalue weighted by Gasteiger charge is 2.63. The molecule has 1 N–H and O–H groups in total. The van der Waals surface area contributed by atoms with Crippen LogP contribution in [0.25, 0.3) is 0 Å². The number of halogens is 7. The highest BCUT2D eigenvalue weighted by atomic mass is 35.5. The Morgan fingerprint density at radius 3 is 2.14 bits per heavy atom. The SMILES string of the molecule is CC1(C)[C@@H]2C[C@H](N(CC(=O)c3c(Cl)cccc3C(F)(F)F)C(=O)c3cnn([C@H]4CC[C@](C)(C(=O)O)CC4)c3C(F)(F)F)C[C@@H]21. The largest absolute Gasteiger partial charge is 0.481 e. The minimum Gasteiger partial charge on any atom is -0.481 e. The van der Waals surface area contributed by atoms with Crippen LogP contribution in [-0.4, -0.2) is 50.0 Å². The topological polar surface area (TPSA) is 92.5 Å². The van der Waals surface area contributed by atoms with Gasteiger partial charge in [0.1, 0.15) is 0 Å². The third-order valence-corrected chi connectivity index (χ3v) is 10.5. The summed E-state index contributed by atoms with van der Waals surface area (Å²) < 4.78 is 85.8. The van der Waals surface area contributed by atoms with Gasteiger partial charge in [-0.15, -0.1) is 0 Å². The van der Waals surface area contributed by atoms with Crippen LogP contribution in [0.5, 0.6) is 0 Å². The van der Waals surface area contributed by atoms with Gasteiger partial charge in [0.25, 0.3) is 5.91 Å². The third-order valence-electron chi connectivity index (χ3n) is 10.2. The molecule has 1 aromatic heterocycles. The quantitative estimate of drug-likeness (QED) is 0.248. The molecule has 240 valence electrons. The molecule has 0 spiro atoms. The summed E-state index contributed by atoms with van der Waals surface area (Å²) in [6.45, 7) is 4.68. The van der Waals surface area contributed by atoms with Crippen molar-refractivity contribution in [3.8, 4) is 0 Å². The van der Waals surface area contributed by atoms with Crippen molar-refractivity contribution < 1.29 is 45.8 Å². The highest BCUT2D eigenvalue weighted by molar-refractivity contribution is 6.34. The molecule has 14 heteroatoms. The Morgan fingerprint density at radius 1 is 1.02 bits per heavy atom. The Labute approximate surface area is 254 Å². The summed E-state index contributed by atoms with van der Waals surface area (Å²) in [5.41, 5.74) is -5.43. The number of nitrogens with zero attached hydrogens (tertiary/aromatic N) is 3. The predicted octanol–water partition coefficient (Wildman–Crippen LogP) is 7.54. The van der Waals surface area contributed by atoms with Crippen molar-refractivity contribution in [3.63, 3.8) is 0 Å². The van der Waals surface area contributed by atoms with Crippen molar-refractivity contribution in [1.82, 2.24) is 14.7 Å². The average Bonchev–Trinajstić information content (AvgIpc) is 3.35. The van der Waals surface area contributed by atoms with Crippen LogP contribution in [0.1, 0.15) is 97.3 Å². The van der Waals surface area contributed by atoms with Crippen molar-refractivity contribution in [3.05, 3.63) is 51.8 Å². The van der Waals surface area contributed by atoms with Gasteiger partial charge in [0, 0.05) is 6.04 Å². The number of carbonyl (C=O) groups is 3. The summed E-state index contributed by atoms with van der Waals surface area (Å²) in [7, 11) is 0. The Bertz CT molecular complexity index is 1480. The first kappa shape index (κ1) is 32.3. The van der Waals surface area contributed by atoms with E-state index in [-0.39, 0.29) is 42.9 Å². The molecule has 0 aliphatic heterocycles. The van der Waals surface area contributed by atoms with Crippen molar-refractivity contribution in [2.45, 2.75) is 83.7 Å². The predicted molar refractivity (Wildman–Crippen MR) is 146 cm³/mol. The van der Waals surface area contributed by atoms with E-state index in [0.717, 1.165) is 23.2 Å². The Balaban J connectivity index is 1.50. The number of aromatic nitrogens is 2. The maximum Gasteiger partial charge on any atom is 0.433 e. The fourth-order valence-corrected chi connectivity index (χ4v) is 7.59. The molecule has 1 aromatic carbocycles. The molecule has 5 rings (SSSR count). The van der Waals surface area contributed by atoms with Gasteiger partial charge in [-0.25, -0.2) is 0 Å². The van der Waals surface area contributed by atoms with E-state index in [4.69, 9.17) is 11.6 Å². The van der Waals surface area contributed by atoms with Crippen molar-refractivity contribution >= 4 is 29.3 Å². The molecule has 3 saturated carbocycles. The second-order valence-corrected chi connectivity index (χ2v) is 13.5. The van der Waals surface area contributed by atoms with E-state index in [2.05, 4.69) is 5.10 Å². The molecule has 0 unspecified atom stereocenters. The van der Waals surface area contributed by atoms with E-state index in [1.54, 1.807) is 0 Å². The fourth-order valence-electron chi connectivity index (χ4n) is 7.31. The monoisotopic (exact) mass is 647 g/mol. The van der Waals surface area contributed by atoms with Crippen molar-refractivity contribution in [2.24, 2.45) is 22.7 Å². The van der Waals surface area contributed by atoms with E-state index < -0.39 is 81.5 Å². The number of hydrogen-bond acceptors (Lipinski definition) is 4. The van der Waals surface area contributed by atoms with E-state index in [1.807, 2.05) is 13.8 Å². The van der Waals surface area contributed by atoms with Crippen LogP contribution in [0.4, 0.5) is 26.3 Å². The molecule has 3 aliphatic carbocycles. The summed E-state index contributed by atoms with van der Waals surface area (Å²) in [6.07, 6.45) is -8.06. The maximum absolute atomic E-state index is 14.6. The number of carboxylic acid groups (broad SMARTS) is 1. The fraction of sp³-hybridized carbons (Fsp3) is 0.600. The molecule has 3 aliphatic rings. The average molecular weight is 648 g/mol. The number of Topliss-reactive ketones (excluding diaryl/α,β-unsaturated/α-hetero) is 1. The minimum atomic E-state index is -5.04. The number of ketones is 1. The zero-order valence-electron chi connectivity index (χ0n) is 24.2. The van der Waals surface area contributed by atoms with E-state index >= 15 is 0 Å². The first-order chi connectivity index (χ1) is 20.3. The molecular formula is C30H32ClF6N3O4. The van der Waals surface area contributed by atoms with Gasteiger partial charge in [-0.3, -0.25) is 19.1 Å². The number of hydrogen-bond donors (Lipinski definition) is 1. The van der Waals surface area contributed by atoms with Crippen molar-refractivity contribution in [2.75, 3.05) is 6.54 Å². The summed E-state index contributed by atoms with van der Waals surface area (Å²) in [6, 6.07) is 1.32. The van der Waals surface area contributed by atoms with Crippen LogP contribution < -0.4 is 0 Å². The summed E-state index contributed by atoms with van der Waals surface area (Å²) in [5, 5.41) is 13.0. The van der Waals surface area contributed by atoms with Gasteiger partial charge in [-0.2, -0.15) is 31.4 Å². The lowest BCUT2D eigenvalue weighted by Gasteiger charge is -2.35. The zero-order chi connectivity index (χ0) is 32.6. The van der Waals surface area contributed by atoms with E-state index in [0.29, 0.717) is 23.6 Å². The standard InChI is InChI=1S/C30H32ClF6N3O4/c1-27(2)19-11-16(12-20(19)27)39(14-22(41)23-18(29(32,33)34)5-4-6-21(23)31)25(42)17-13-38-40(24(17)30(35,36)37)15-7-9-28(3,10-8-15)26(43)44/h4-6,13,15-16,19-20H,7-12,14H2,1-3H3,(H,43,44)/t15-,16-,19+,20-,28-. The molecular weight excluding hydrogens is 616 g/mol. The van der Waals surface area contributed by atoms with Gasteiger partial charge < -0.3 is 10.0 Å². The Kier molecular flexibility index (Phi) is 7.91. The number of benzene rings is 1. The van der Waals surface area contributed by atoms with Crippen LogP contribution in [-0.2, 0) is 17.1 Å². The minimum absolute atomic E-state index is 0.0468.